The van der Waals surface area contributed by atoms with Crippen molar-refractivity contribution in [2.75, 3.05) is 17.2 Å². The Balaban J connectivity index is 1.75. The summed E-state index contributed by atoms with van der Waals surface area (Å²) in [6.45, 7) is 3.16. The molecule has 0 saturated heterocycles. The van der Waals surface area contributed by atoms with Crippen LogP contribution in [0.15, 0.2) is 24.7 Å². The maximum Gasteiger partial charge on any atom is 0.183 e. The molecule has 1 aliphatic rings. The number of pyridine rings is 1. The standard InChI is InChI=1S/C14H15N7/c1-8-5-10-11(16-6-8)17-7-18-12(10)19-14-9-3-2-4-15-13(9)20-21-14/h2-4,7-8H,5-6H2,1H3,(H3,15,16,17,18,19,20,21). The Labute approximate surface area is 121 Å². The van der Waals surface area contributed by atoms with Gasteiger partial charge < -0.3 is 10.6 Å². The first kappa shape index (κ1) is 12.1. The lowest BCUT2D eigenvalue weighted by Crippen LogP contribution is -2.23. The number of aromatic nitrogens is 5. The van der Waals surface area contributed by atoms with E-state index in [1.165, 1.54) is 0 Å². The van der Waals surface area contributed by atoms with Crippen LogP contribution in [0.4, 0.5) is 17.5 Å². The second kappa shape index (κ2) is 4.69. The van der Waals surface area contributed by atoms with E-state index in [1.54, 1.807) is 12.5 Å². The summed E-state index contributed by atoms with van der Waals surface area (Å²) in [5.41, 5.74) is 1.80. The van der Waals surface area contributed by atoms with E-state index in [9.17, 15) is 0 Å². The fourth-order valence-corrected chi connectivity index (χ4v) is 2.62. The molecule has 1 unspecified atom stereocenters. The summed E-state index contributed by atoms with van der Waals surface area (Å²) in [6.07, 6.45) is 4.25. The van der Waals surface area contributed by atoms with Crippen LogP contribution in [-0.4, -0.2) is 31.7 Å². The van der Waals surface area contributed by atoms with E-state index in [0.717, 1.165) is 41.4 Å². The van der Waals surface area contributed by atoms with Crippen LogP contribution in [0.3, 0.4) is 0 Å². The van der Waals surface area contributed by atoms with Gasteiger partial charge in [0.2, 0.25) is 0 Å². The number of nitrogens with one attached hydrogen (secondary N) is 3. The molecule has 0 saturated carbocycles. The molecule has 7 heteroatoms. The topological polar surface area (TPSA) is 91.4 Å². The molecule has 4 rings (SSSR count). The molecular weight excluding hydrogens is 266 g/mol. The first-order chi connectivity index (χ1) is 10.3. The Morgan fingerprint density at radius 3 is 3.19 bits per heavy atom. The summed E-state index contributed by atoms with van der Waals surface area (Å²) in [5.74, 6) is 3.09. The van der Waals surface area contributed by atoms with Crippen molar-refractivity contribution in [1.82, 2.24) is 25.1 Å². The minimum atomic E-state index is 0.559. The minimum Gasteiger partial charge on any atom is -0.369 e. The zero-order chi connectivity index (χ0) is 14.2. The number of H-pyrrole nitrogens is 1. The van der Waals surface area contributed by atoms with E-state index in [2.05, 4.69) is 42.7 Å². The summed E-state index contributed by atoms with van der Waals surface area (Å²) in [6, 6.07) is 3.87. The summed E-state index contributed by atoms with van der Waals surface area (Å²) >= 11 is 0. The predicted octanol–water partition coefficient (Wildman–Crippen LogP) is 2.10. The summed E-state index contributed by atoms with van der Waals surface area (Å²) < 4.78 is 0. The number of nitrogens with zero attached hydrogens (tertiary/aromatic N) is 4. The number of rotatable bonds is 2. The molecule has 0 radical (unpaired) electrons. The molecule has 1 atom stereocenters. The fraction of sp³-hybridized carbons (Fsp3) is 0.286. The summed E-state index contributed by atoms with van der Waals surface area (Å²) in [5, 5.41) is 14.8. The van der Waals surface area contributed by atoms with Crippen LogP contribution >= 0.6 is 0 Å². The first-order valence-corrected chi connectivity index (χ1v) is 6.95. The van der Waals surface area contributed by atoms with Crippen LogP contribution in [0.25, 0.3) is 11.0 Å². The average Bonchev–Trinajstić information content (AvgIpc) is 2.91. The number of hydrogen-bond donors (Lipinski definition) is 3. The van der Waals surface area contributed by atoms with Crippen molar-refractivity contribution in [2.45, 2.75) is 13.3 Å². The number of anilines is 3. The largest absolute Gasteiger partial charge is 0.369 e. The fourth-order valence-electron chi connectivity index (χ4n) is 2.62. The van der Waals surface area contributed by atoms with Crippen molar-refractivity contribution in [3.05, 3.63) is 30.2 Å². The lowest BCUT2D eigenvalue weighted by atomic mass is 9.98. The van der Waals surface area contributed by atoms with Crippen molar-refractivity contribution < 1.29 is 0 Å². The van der Waals surface area contributed by atoms with E-state index < -0.39 is 0 Å². The average molecular weight is 281 g/mol. The molecule has 0 spiro atoms. The van der Waals surface area contributed by atoms with Crippen LogP contribution in [0, 0.1) is 5.92 Å². The summed E-state index contributed by atoms with van der Waals surface area (Å²) in [7, 11) is 0. The molecule has 3 aromatic heterocycles. The predicted molar refractivity (Wildman–Crippen MR) is 80.6 cm³/mol. The molecule has 0 fully saturated rings. The second-order valence-corrected chi connectivity index (χ2v) is 5.34. The molecule has 0 aromatic carbocycles. The van der Waals surface area contributed by atoms with E-state index in [4.69, 9.17) is 0 Å². The van der Waals surface area contributed by atoms with Gasteiger partial charge in [0.1, 0.15) is 23.8 Å². The molecule has 106 valence electrons. The van der Waals surface area contributed by atoms with Crippen LogP contribution in [0.5, 0.6) is 0 Å². The smallest absolute Gasteiger partial charge is 0.183 e. The van der Waals surface area contributed by atoms with Crippen LogP contribution < -0.4 is 10.6 Å². The van der Waals surface area contributed by atoms with Gasteiger partial charge in [-0.25, -0.2) is 15.0 Å². The van der Waals surface area contributed by atoms with E-state index in [1.807, 2.05) is 12.1 Å². The Hall–Kier alpha value is -2.70. The van der Waals surface area contributed by atoms with Crippen molar-refractivity contribution in [3.63, 3.8) is 0 Å². The minimum absolute atomic E-state index is 0.559. The van der Waals surface area contributed by atoms with Gasteiger partial charge in [-0.2, -0.15) is 5.10 Å². The molecule has 3 aromatic rings. The molecular formula is C14H15N7. The van der Waals surface area contributed by atoms with Gasteiger partial charge in [0.15, 0.2) is 5.65 Å². The van der Waals surface area contributed by atoms with Crippen LogP contribution in [-0.2, 0) is 6.42 Å². The monoisotopic (exact) mass is 281 g/mol. The SMILES string of the molecule is CC1CNc2ncnc(Nc3[nH]nc4ncccc34)c2C1. The highest BCUT2D eigenvalue weighted by molar-refractivity contribution is 5.89. The van der Waals surface area contributed by atoms with Gasteiger partial charge in [-0.15, -0.1) is 0 Å². The maximum absolute atomic E-state index is 4.38. The highest BCUT2D eigenvalue weighted by Gasteiger charge is 2.20. The molecule has 7 nitrogen and oxygen atoms in total. The lowest BCUT2D eigenvalue weighted by Gasteiger charge is -2.23. The van der Waals surface area contributed by atoms with Gasteiger partial charge in [0.25, 0.3) is 0 Å². The van der Waals surface area contributed by atoms with Gasteiger partial charge in [-0.05, 0) is 24.5 Å². The lowest BCUT2D eigenvalue weighted by molar-refractivity contribution is 0.590. The van der Waals surface area contributed by atoms with Crippen molar-refractivity contribution >= 4 is 28.5 Å². The third kappa shape index (κ3) is 2.06. The van der Waals surface area contributed by atoms with E-state index in [0.29, 0.717) is 11.6 Å². The highest BCUT2D eigenvalue weighted by atomic mass is 15.2. The van der Waals surface area contributed by atoms with Gasteiger partial charge in [0.05, 0.1) is 5.39 Å². The second-order valence-electron chi connectivity index (χ2n) is 5.34. The van der Waals surface area contributed by atoms with E-state index in [-0.39, 0.29) is 0 Å². The Morgan fingerprint density at radius 1 is 1.29 bits per heavy atom. The summed E-state index contributed by atoms with van der Waals surface area (Å²) in [4.78, 5) is 12.9. The van der Waals surface area contributed by atoms with Gasteiger partial charge >= 0.3 is 0 Å². The first-order valence-electron chi connectivity index (χ1n) is 6.95. The zero-order valence-corrected chi connectivity index (χ0v) is 11.6. The molecule has 0 amide bonds. The third-order valence-electron chi connectivity index (χ3n) is 3.69. The van der Waals surface area contributed by atoms with Crippen LogP contribution in [0.2, 0.25) is 0 Å². The van der Waals surface area contributed by atoms with Crippen molar-refractivity contribution in [2.24, 2.45) is 5.92 Å². The molecule has 1 aliphatic heterocycles. The Morgan fingerprint density at radius 2 is 2.24 bits per heavy atom. The quantitative estimate of drug-likeness (QED) is 0.666. The number of aromatic amines is 1. The van der Waals surface area contributed by atoms with Gasteiger partial charge in [0, 0.05) is 18.3 Å². The van der Waals surface area contributed by atoms with Crippen molar-refractivity contribution in [3.8, 4) is 0 Å². The Bertz CT molecular complexity index is 795. The van der Waals surface area contributed by atoms with Gasteiger partial charge in [-0.1, -0.05) is 6.92 Å². The molecule has 0 bridgehead atoms. The van der Waals surface area contributed by atoms with E-state index >= 15 is 0 Å². The number of hydrogen-bond acceptors (Lipinski definition) is 6. The highest BCUT2D eigenvalue weighted by Crippen LogP contribution is 2.30. The molecule has 21 heavy (non-hydrogen) atoms. The molecule has 4 heterocycles. The maximum atomic E-state index is 4.38. The Kier molecular flexibility index (Phi) is 2.70. The van der Waals surface area contributed by atoms with Crippen LogP contribution in [0.1, 0.15) is 12.5 Å². The normalized spacial score (nSPS) is 17.3. The molecule has 3 N–H and O–H groups in total. The third-order valence-corrected chi connectivity index (χ3v) is 3.69. The van der Waals surface area contributed by atoms with Gasteiger partial charge in [-0.3, -0.25) is 5.10 Å². The molecule has 0 aliphatic carbocycles. The van der Waals surface area contributed by atoms with Crippen molar-refractivity contribution in [1.29, 1.82) is 0 Å². The zero-order valence-electron chi connectivity index (χ0n) is 11.6. The number of fused-ring (bicyclic) bond motifs is 2.